The van der Waals surface area contributed by atoms with E-state index < -0.39 is 5.60 Å². The number of nitrogens with zero attached hydrogens (tertiary/aromatic N) is 3. The third kappa shape index (κ3) is 1.33. The lowest BCUT2D eigenvalue weighted by Gasteiger charge is -2.22. The van der Waals surface area contributed by atoms with Gasteiger partial charge < -0.3 is 10.8 Å². The molecule has 0 fully saturated rings. The minimum Gasteiger partial charge on any atom is -0.381 e. The number of nitrogens with two attached hydrogens (primary N) is 1. The summed E-state index contributed by atoms with van der Waals surface area (Å²) in [5.74, 6) is 0.521. The Hall–Kier alpha value is -0.940. The molecule has 0 bridgehead atoms. The van der Waals surface area contributed by atoms with Crippen LogP contribution >= 0.6 is 0 Å². The number of aryl methyl sites for hydroxylation is 1. The molecule has 1 atom stereocenters. The van der Waals surface area contributed by atoms with Crippen LogP contribution in [0, 0.1) is 0 Å². The van der Waals surface area contributed by atoms with E-state index in [9.17, 15) is 5.11 Å². The smallest absolute Gasteiger partial charge is 0.159 e. The van der Waals surface area contributed by atoms with Gasteiger partial charge in [-0.05, 0) is 6.42 Å². The van der Waals surface area contributed by atoms with Gasteiger partial charge in [-0.15, -0.1) is 0 Å². The second-order valence-electron chi connectivity index (χ2n) is 2.80. The van der Waals surface area contributed by atoms with E-state index in [1.165, 1.54) is 11.0 Å². The van der Waals surface area contributed by atoms with Gasteiger partial charge in [-0.2, -0.15) is 5.10 Å². The molecule has 0 saturated heterocycles. The third-order valence-corrected chi connectivity index (χ3v) is 2.05. The number of aromatic nitrogens is 3. The van der Waals surface area contributed by atoms with Gasteiger partial charge in [0.15, 0.2) is 5.82 Å². The molecule has 1 unspecified atom stereocenters. The Kier molecular flexibility index (Phi) is 2.44. The molecule has 0 aliphatic carbocycles. The predicted molar refractivity (Wildman–Crippen MR) is 44.2 cm³/mol. The van der Waals surface area contributed by atoms with Crippen LogP contribution < -0.4 is 5.73 Å². The lowest BCUT2D eigenvalue weighted by molar-refractivity contribution is 0.0291. The minimum absolute atomic E-state index is 0.163. The lowest BCUT2D eigenvalue weighted by atomic mass is 10.0. The van der Waals surface area contributed by atoms with Gasteiger partial charge in [0.2, 0.25) is 0 Å². The molecule has 12 heavy (non-hydrogen) atoms. The molecule has 1 rings (SSSR count). The zero-order chi connectivity index (χ0) is 9.19. The monoisotopic (exact) mass is 170 g/mol. The first-order valence-corrected chi connectivity index (χ1v) is 3.91. The van der Waals surface area contributed by atoms with Gasteiger partial charge in [0, 0.05) is 13.6 Å². The molecule has 5 heteroatoms. The maximum absolute atomic E-state index is 9.92. The SMILES string of the molecule is CCC(O)(CN)c1ncnn1C. The van der Waals surface area contributed by atoms with Crippen LogP contribution in [0.3, 0.4) is 0 Å². The van der Waals surface area contributed by atoms with E-state index in [1.807, 2.05) is 6.92 Å². The van der Waals surface area contributed by atoms with Crippen LogP contribution in [0.15, 0.2) is 6.33 Å². The number of hydrogen-bond acceptors (Lipinski definition) is 4. The quantitative estimate of drug-likeness (QED) is 0.633. The molecule has 0 saturated carbocycles. The Morgan fingerprint density at radius 2 is 2.42 bits per heavy atom. The average Bonchev–Trinajstić information content (AvgIpc) is 2.51. The molecular formula is C7H14N4O. The summed E-state index contributed by atoms with van der Waals surface area (Å²) in [6, 6.07) is 0. The highest BCUT2D eigenvalue weighted by Gasteiger charge is 2.29. The third-order valence-electron chi connectivity index (χ3n) is 2.05. The van der Waals surface area contributed by atoms with Gasteiger partial charge in [-0.3, -0.25) is 4.68 Å². The summed E-state index contributed by atoms with van der Waals surface area (Å²) in [4.78, 5) is 3.95. The van der Waals surface area contributed by atoms with Crippen LogP contribution in [0.25, 0.3) is 0 Å². The van der Waals surface area contributed by atoms with E-state index >= 15 is 0 Å². The summed E-state index contributed by atoms with van der Waals surface area (Å²) >= 11 is 0. The van der Waals surface area contributed by atoms with Crippen molar-refractivity contribution in [3.63, 3.8) is 0 Å². The zero-order valence-corrected chi connectivity index (χ0v) is 7.36. The van der Waals surface area contributed by atoms with Gasteiger partial charge in [0.25, 0.3) is 0 Å². The van der Waals surface area contributed by atoms with E-state index in [0.29, 0.717) is 12.2 Å². The maximum Gasteiger partial charge on any atom is 0.159 e. The fourth-order valence-corrected chi connectivity index (χ4v) is 1.11. The number of aliphatic hydroxyl groups is 1. The summed E-state index contributed by atoms with van der Waals surface area (Å²) in [5, 5.41) is 13.8. The summed E-state index contributed by atoms with van der Waals surface area (Å²) < 4.78 is 1.54. The Bertz CT molecular complexity index is 254. The topological polar surface area (TPSA) is 77.0 Å². The van der Waals surface area contributed by atoms with E-state index in [4.69, 9.17) is 5.73 Å². The van der Waals surface area contributed by atoms with Gasteiger partial charge in [-0.25, -0.2) is 4.98 Å². The largest absolute Gasteiger partial charge is 0.381 e. The molecule has 0 spiro atoms. The molecule has 0 amide bonds. The van der Waals surface area contributed by atoms with Crippen molar-refractivity contribution >= 4 is 0 Å². The van der Waals surface area contributed by atoms with Crippen molar-refractivity contribution in [2.45, 2.75) is 18.9 Å². The second kappa shape index (κ2) is 3.20. The van der Waals surface area contributed by atoms with E-state index in [2.05, 4.69) is 10.1 Å². The Labute approximate surface area is 71.2 Å². The molecule has 1 aromatic rings. The first-order valence-electron chi connectivity index (χ1n) is 3.91. The highest BCUT2D eigenvalue weighted by atomic mass is 16.3. The average molecular weight is 170 g/mol. The maximum atomic E-state index is 9.92. The van der Waals surface area contributed by atoms with Gasteiger partial charge >= 0.3 is 0 Å². The van der Waals surface area contributed by atoms with E-state index in [1.54, 1.807) is 7.05 Å². The molecule has 0 aliphatic heterocycles. The minimum atomic E-state index is -1.04. The Balaban J connectivity index is 3.02. The van der Waals surface area contributed by atoms with Crippen LogP contribution in [0.1, 0.15) is 19.2 Å². The highest BCUT2D eigenvalue weighted by molar-refractivity contribution is 5.00. The standard InChI is InChI=1S/C7H14N4O/c1-3-7(12,4-8)6-9-5-10-11(6)2/h5,12H,3-4,8H2,1-2H3. The highest BCUT2D eigenvalue weighted by Crippen LogP contribution is 2.19. The molecule has 0 radical (unpaired) electrons. The molecular weight excluding hydrogens is 156 g/mol. The summed E-state index contributed by atoms with van der Waals surface area (Å²) in [6.07, 6.45) is 1.95. The summed E-state index contributed by atoms with van der Waals surface area (Å²) in [5.41, 5.74) is 4.41. The Morgan fingerprint density at radius 1 is 1.75 bits per heavy atom. The molecule has 0 aromatic carbocycles. The second-order valence-corrected chi connectivity index (χ2v) is 2.80. The van der Waals surface area contributed by atoms with Crippen molar-refractivity contribution in [1.29, 1.82) is 0 Å². The molecule has 0 aliphatic rings. The van der Waals surface area contributed by atoms with Crippen molar-refractivity contribution in [1.82, 2.24) is 14.8 Å². The normalized spacial score (nSPS) is 16.0. The van der Waals surface area contributed by atoms with Crippen molar-refractivity contribution in [2.24, 2.45) is 12.8 Å². The van der Waals surface area contributed by atoms with Crippen molar-refractivity contribution in [3.05, 3.63) is 12.2 Å². The van der Waals surface area contributed by atoms with Gasteiger partial charge in [0.1, 0.15) is 11.9 Å². The molecule has 5 nitrogen and oxygen atoms in total. The number of hydrogen-bond donors (Lipinski definition) is 2. The zero-order valence-electron chi connectivity index (χ0n) is 7.36. The first kappa shape index (κ1) is 9.15. The first-order chi connectivity index (χ1) is 5.64. The van der Waals surface area contributed by atoms with E-state index in [0.717, 1.165) is 0 Å². The lowest BCUT2D eigenvalue weighted by Crippen LogP contribution is -2.36. The Morgan fingerprint density at radius 3 is 2.75 bits per heavy atom. The molecule has 1 heterocycles. The summed E-state index contributed by atoms with van der Waals surface area (Å²) in [6.45, 7) is 2.03. The van der Waals surface area contributed by atoms with Crippen LogP contribution in [-0.2, 0) is 12.6 Å². The molecule has 1 aromatic heterocycles. The fraction of sp³-hybridized carbons (Fsp3) is 0.714. The molecule has 68 valence electrons. The molecule has 3 N–H and O–H groups in total. The van der Waals surface area contributed by atoms with Crippen LogP contribution in [-0.4, -0.2) is 26.4 Å². The van der Waals surface area contributed by atoms with Crippen molar-refractivity contribution in [2.75, 3.05) is 6.54 Å². The van der Waals surface area contributed by atoms with E-state index in [-0.39, 0.29) is 6.54 Å². The van der Waals surface area contributed by atoms with Crippen molar-refractivity contribution in [3.8, 4) is 0 Å². The predicted octanol–water partition coefficient (Wildman–Crippen LogP) is -0.629. The van der Waals surface area contributed by atoms with Crippen LogP contribution in [0.2, 0.25) is 0 Å². The van der Waals surface area contributed by atoms with Gasteiger partial charge in [0.05, 0.1) is 0 Å². The van der Waals surface area contributed by atoms with Gasteiger partial charge in [-0.1, -0.05) is 6.92 Å². The number of rotatable bonds is 3. The summed E-state index contributed by atoms with van der Waals surface area (Å²) in [7, 11) is 1.73. The van der Waals surface area contributed by atoms with Crippen LogP contribution in [0.5, 0.6) is 0 Å². The van der Waals surface area contributed by atoms with Crippen LogP contribution in [0.4, 0.5) is 0 Å². The van der Waals surface area contributed by atoms with Crippen molar-refractivity contribution < 1.29 is 5.11 Å². The fourth-order valence-electron chi connectivity index (χ4n) is 1.11.